The Hall–Kier alpha value is -2.84. The lowest BCUT2D eigenvalue weighted by molar-refractivity contribution is -0.137. The number of nitrogens with zero attached hydrogens (tertiary/aromatic N) is 2. The third kappa shape index (κ3) is 3.24. The number of halogens is 3. The van der Waals surface area contributed by atoms with E-state index in [-0.39, 0.29) is 13.0 Å². The molecule has 0 saturated carbocycles. The summed E-state index contributed by atoms with van der Waals surface area (Å²) in [4.78, 5) is 25.2. The molecule has 1 aromatic carbocycles. The molecule has 126 valence electrons. The molecule has 6 nitrogen and oxygen atoms in total. The summed E-state index contributed by atoms with van der Waals surface area (Å²) in [6.07, 6.45) is -3.15. The van der Waals surface area contributed by atoms with E-state index in [4.69, 9.17) is 0 Å². The fourth-order valence-electron chi connectivity index (χ4n) is 2.42. The van der Waals surface area contributed by atoms with E-state index in [0.717, 1.165) is 17.0 Å². The van der Waals surface area contributed by atoms with Crippen molar-refractivity contribution in [3.05, 3.63) is 53.4 Å². The molecule has 1 atom stereocenters. The quantitative estimate of drug-likeness (QED) is 0.933. The molecule has 24 heavy (non-hydrogen) atoms. The summed E-state index contributed by atoms with van der Waals surface area (Å²) in [7, 11) is 0. The van der Waals surface area contributed by atoms with Gasteiger partial charge in [0.25, 0.3) is 0 Å². The van der Waals surface area contributed by atoms with Crippen molar-refractivity contribution in [2.45, 2.75) is 25.2 Å². The minimum Gasteiger partial charge on any atom is -0.364 e. The van der Waals surface area contributed by atoms with E-state index in [1.165, 1.54) is 24.5 Å². The van der Waals surface area contributed by atoms with Gasteiger partial charge in [-0.3, -0.25) is 9.69 Å². The highest BCUT2D eigenvalue weighted by Crippen LogP contribution is 2.31. The van der Waals surface area contributed by atoms with Crippen molar-refractivity contribution >= 4 is 11.9 Å². The van der Waals surface area contributed by atoms with Crippen LogP contribution in [0.2, 0.25) is 0 Å². The number of urea groups is 1. The van der Waals surface area contributed by atoms with Gasteiger partial charge < -0.3 is 9.84 Å². The lowest BCUT2D eigenvalue weighted by atomic mass is 10.00. The van der Waals surface area contributed by atoms with Gasteiger partial charge in [0.1, 0.15) is 12.0 Å². The maximum Gasteiger partial charge on any atom is 0.416 e. The van der Waals surface area contributed by atoms with E-state index in [1.54, 1.807) is 0 Å². The summed E-state index contributed by atoms with van der Waals surface area (Å²) in [5.74, 6) is -0.438. The van der Waals surface area contributed by atoms with Crippen molar-refractivity contribution in [3.63, 3.8) is 0 Å². The van der Waals surface area contributed by atoms with Gasteiger partial charge in [0, 0.05) is 6.07 Å². The second kappa shape index (κ2) is 5.99. The highest BCUT2D eigenvalue weighted by Gasteiger charge is 2.34. The molecule has 2 aromatic rings. The van der Waals surface area contributed by atoms with Gasteiger partial charge >= 0.3 is 12.2 Å². The molecule has 1 N–H and O–H groups in total. The molecule has 1 saturated heterocycles. The molecular formula is C15H12F3N3O3. The third-order valence-corrected chi connectivity index (χ3v) is 3.67. The normalized spacial score (nSPS) is 18.6. The van der Waals surface area contributed by atoms with Gasteiger partial charge in [-0.25, -0.2) is 4.79 Å². The Morgan fingerprint density at radius 1 is 1.21 bits per heavy atom. The van der Waals surface area contributed by atoms with Crippen LogP contribution in [0.3, 0.4) is 0 Å². The molecule has 1 aromatic heterocycles. The van der Waals surface area contributed by atoms with Crippen LogP contribution in [0.5, 0.6) is 0 Å². The molecule has 0 bridgehead atoms. The zero-order chi connectivity index (χ0) is 17.3. The number of rotatable bonds is 3. The SMILES string of the molecule is O=C1CC(c2ccc(C(F)(F)F)cc2)NC(=O)N1Cc1ccon1. The Balaban J connectivity index is 1.72. The van der Waals surface area contributed by atoms with Crippen molar-refractivity contribution in [2.24, 2.45) is 0 Å². The average molecular weight is 339 g/mol. The highest BCUT2D eigenvalue weighted by atomic mass is 19.4. The number of benzene rings is 1. The monoisotopic (exact) mass is 339 g/mol. The molecule has 3 amide bonds. The third-order valence-electron chi connectivity index (χ3n) is 3.67. The summed E-state index contributed by atoms with van der Waals surface area (Å²) in [6.45, 7) is -0.0269. The fourth-order valence-corrected chi connectivity index (χ4v) is 2.42. The maximum absolute atomic E-state index is 12.6. The Morgan fingerprint density at radius 2 is 1.92 bits per heavy atom. The topological polar surface area (TPSA) is 75.4 Å². The number of nitrogens with one attached hydrogen (secondary N) is 1. The van der Waals surface area contributed by atoms with E-state index in [0.29, 0.717) is 11.3 Å². The van der Waals surface area contributed by atoms with Crippen LogP contribution < -0.4 is 5.32 Å². The molecule has 1 fully saturated rings. The second-order valence-electron chi connectivity index (χ2n) is 5.30. The van der Waals surface area contributed by atoms with Crippen LogP contribution in [0, 0.1) is 0 Å². The number of aromatic nitrogens is 1. The number of carbonyl (C=O) groups excluding carboxylic acids is 2. The lowest BCUT2D eigenvalue weighted by Gasteiger charge is -2.31. The van der Waals surface area contributed by atoms with Gasteiger partial charge in [-0.1, -0.05) is 17.3 Å². The summed E-state index contributed by atoms with van der Waals surface area (Å²) in [6, 6.07) is 4.60. The van der Waals surface area contributed by atoms with Crippen LogP contribution in [-0.4, -0.2) is 22.0 Å². The number of hydrogen-bond acceptors (Lipinski definition) is 4. The fraction of sp³-hybridized carbons (Fsp3) is 0.267. The van der Waals surface area contributed by atoms with Gasteiger partial charge in [0.15, 0.2) is 0 Å². The molecule has 0 aliphatic carbocycles. The minimum absolute atomic E-state index is 0.0269. The van der Waals surface area contributed by atoms with Crippen molar-refractivity contribution in [1.29, 1.82) is 0 Å². The van der Waals surface area contributed by atoms with Crippen molar-refractivity contribution in [2.75, 3.05) is 0 Å². The van der Waals surface area contributed by atoms with Gasteiger partial charge in [-0.2, -0.15) is 13.2 Å². The van der Waals surface area contributed by atoms with Crippen LogP contribution in [0.25, 0.3) is 0 Å². The van der Waals surface area contributed by atoms with Crippen molar-refractivity contribution in [1.82, 2.24) is 15.4 Å². The number of imide groups is 1. The number of amides is 3. The van der Waals surface area contributed by atoms with Gasteiger partial charge in [0.2, 0.25) is 5.91 Å². The van der Waals surface area contributed by atoms with Crippen LogP contribution in [-0.2, 0) is 17.5 Å². The standard InChI is InChI=1S/C15H12F3N3O3/c16-15(17,18)10-3-1-9(2-4-10)12-7-13(22)21(14(23)19-12)8-11-5-6-24-20-11/h1-6,12H,7-8H2,(H,19,23). The molecule has 9 heteroatoms. The summed E-state index contributed by atoms with van der Waals surface area (Å²) >= 11 is 0. The Morgan fingerprint density at radius 3 is 2.46 bits per heavy atom. The Bertz CT molecular complexity index is 724. The molecule has 3 rings (SSSR count). The number of carbonyl (C=O) groups is 2. The first kappa shape index (κ1) is 16.0. The van der Waals surface area contributed by atoms with Crippen LogP contribution >= 0.6 is 0 Å². The average Bonchev–Trinajstić information content (AvgIpc) is 3.03. The van der Waals surface area contributed by atoms with E-state index in [9.17, 15) is 22.8 Å². The molecule has 0 radical (unpaired) electrons. The van der Waals surface area contributed by atoms with Crippen LogP contribution in [0.15, 0.2) is 41.1 Å². The minimum atomic E-state index is -4.43. The summed E-state index contributed by atoms with van der Waals surface area (Å²) in [5, 5.41) is 6.24. The van der Waals surface area contributed by atoms with Crippen molar-refractivity contribution in [3.8, 4) is 0 Å². The zero-order valence-electron chi connectivity index (χ0n) is 12.2. The maximum atomic E-state index is 12.6. The van der Waals surface area contributed by atoms with Crippen LogP contribution in [0.4, 0.5) is 18.0 Å². The second-order valence-corrected chi connectivity index (χ2v) is 5.30. The first-order valence-electron chi connectivity index (χ1n) is 7.02. The Kier molecular flexibility index (Phi) is 4.00. The predicted molar refractivity (Wildman–Crippen MR) is 74.4 cm³/mol. The van der Waals surface area contributed by atoms with Gasteiger partial charge in [0.05, 0.1) is 24.6 Å². The lowest BCUT2D eigenvalue weighted by Crippen LogP contribution is -2.50. The summed E-state index contributed by atoms with van der Waals surface area (Å²) in [5.41, 5.74) is 0.0737. The molecule has 1 unspecified atom stereocenters. The predicted octanol–water partition coefficient (Wildman–Crippen LogP) is 2.88. The zero-order valence-corrected chi connectivity index (χ0v) is 12.2. The first-order chi connectivity index (χ1) is 11.3. The largest absolute Gasteiger partial charge is 0.416 e. The Labute approximate surface area is 134 Å². The molecule has 0 spiro atoms. The molecular weight excluding hydrogens is 327 g/mol. The van der Waals surface area contributed by atoms with Crippen LogP contribution in [0.1, 0.15) is 29.3 Å². The highest BCUT2D eigenvalue weighted by molar-refractivity contribution is 5.97. The van der Waals surface area contributed by atoms with E-state index < -0.39 is 29.7 Å². The van der Waals surface area contributed by atoms with E-state index >= 15 is 0 Å². The molecule has 1 aliphatic heterocycles. The van der Waals surface area contributed by atoms with Gasteiger partial charge in [-0.15, -0.1) is 0 Å². The molecule has 2 heterocycles. The van der Waals surface area contributed by atoms with Crippen molar-refractivity contribution < 1.29 is 27.3 Å². The van der Waals surface area contributed by atoms with E-state index in [2.05, 4.69) is 15.0 Å². The summed E-state index contributed by atoms with van der Waals surface area (Å²) < 4.78 is 42.4. The smallest absolute Gasteiger partial charge is 0.364 e. The number of hydrogen-bond donors (Lipinski definition) is 1. The van der Waals surface area contributed by atoms with E-state index in [1.807, 2.05) is 0 Å². The van der Waals surface area contributed by atoms with Gasteiger partial charge in [-0.05, 0) is 17.7 Å². The molecule has 1 aliphatic rings. The first-order valence-corrected chi connectivity index (χ1v) is 7.02. The number of alkyl halides is 3.